The van der Waals surface area contributed by atoms with Gasteiger partial charge in [-0.3, -0.25) is 4.79 Å². The third kappa shape index (κ3) is 4.45. The van der Waals surface area contributed by atoms with Crippen LogP contribution in [-0.4, -0.2) is 29.4 Å². The van der Waals surface area contributed by atoms with Crippen molar-refractivity contribution >= 4 is 18.3 Å². The number of likely N-dealkylation sites (tertiary alicyclic amines) is 1. The Morgan fingerprint density at radius 1 is 1.33 bits per heavy atom. The minimum atomic E-state index is -0.0892. The van der Waals surface area contributed by atoms with Crippen molar-refractivity contribution in [3.8, 4) is 0 Å². The van der Waals surface area contributed by atoms with Gasteiger partial charge in [0.05, 0.1) is 5.92 Å². The van der Waals surface area contributed by atoms with Crippen molar-refractivity contribution in [3.05, 3.63) is 35.4 Å². The minimum Gasteiger partial charge on any atom is -0.339 e. The van der Waals surface area contributed by atoms with E-state index in [1.807, 2.05) is 18.7 Å². The zero-order chi connectivity index (χ0) is 14.7. The molecule has 0 aliphatic carbocycles. The first-order valence-electron chi connectivity index (χ1n) is 7.60. The molecule has 0 radical (unpaired) electrons. The molecule has 1 aromatic rings. The van der Waals surface area contributed by atoms with Crippen molar-refractivity contribution < 1.29 is 4.79 Å². The molecule has 1 aromatic carbocycles. The molecule has 0 bridgehead atoms. The quantitative estimate of drug-likeness (QED) is 0.929. The van der Waals surface area contributed by atoms with Crippen molar-refractivity contribution in [1.82, 2.24) is 4.90 Å². The van der Waals surface area contributed by atoms with Gasteiger partial charge in [-0.15, -0.1) is 12.4 Å². The average Bonchev–Trinajstić information content (AvgIpc) is 2.87. The summed E-state index contributed by atoms with van der Waals surface area (Å²) in [4.78, 5) is 14.5. The largest absolute Gasteiger partial charge is 0.339 e. The molecular formula is C17H27ClN2O. The van der Waals surface area contributed by atoms with Crippen molar-refractivity contribution in [3.63, 3.8) is 0 Å². The van der Waals surface area contributed by atoms with Crippen LogP contribution in [0.3, 0.4) is 0 Å². The van der Waals surface area contributed by atoms with Gasteiger partial charge in [-0.25, -0.2) is 0 Å². The molecule has 1 aliphatic heterocycles. The van der Waals surface area contributed by atoms with Gasteiger partial charge in [0.1, 0.15) is 0 Å². The monoisotopic (exact) mass is 310 g/mol. The van der Waals surface area contributed by atoms with Crippen LogP contribution in [0.2, 0.25) is 0 Å². The number of hydrogen-bond donors (Lipinski definition) is 1. The molecule has 3 atom stereocenters. The van der Waals surface area contributed by atoms with Gasteiger partial charge in [0, 0.05) is 18.6 Å². The van der Waals surface area contributed by atoms with E-state index in [0.717, 1.165) is 25.8 Å². The highest BCUT2D eigenvalue weighted by Gasteiger charge is 2.32. The number of carbonyl (C=O) groups excluding carboxylic acids is 1. The molecule has 0 saturated carbocycles. The van der Waals surface area contributed by atoms with Crippen LogP contribution in [0.15, 0.2) is 24.3 Å². The normalized spacial score (nSPS) is 20.8. The number of nitrogens with zero attached hydrogens (tertiary/aromatic N) is 1. The Morgan fingerprint density at radius 2 is 1.95 bits per heavy atom. The summed E-state index contributed by atoms with van der Waals surface area (Å²) in [6.07, 6.45) is 3.16. The molecule has 2 N–H and O–H groups in total. The molecule has 1 amide bonds. The topological polar surface area (TPSA) is 46.3 Å². The number of hydrogen-bond acceptors (Lipinski definition) is 2. The number of aryl methyl sites for hydroxylation is 1. The fourth-order valence-electron chi connectivity index (χ4n) is 2.82. The molecular weight excluding hydrogens is 284 g/mol. The van der Waals surface area contributed by atoms with Gasteiger partial charge >= 0.3 is 0 Å². The third-order valence-corrected chi connectivity index (χ3v) is 4.43. The molecule has 1 fully saturated rings. The first kappa shape index (κ1) is 18.0. The summed E-state index contributed by atoms with van der Waals surface area (Å²) in [5, 5.41) is 0. The van der Waals surface area contributed by atoms with E-state index in [1.165, 1.54) is 11.1 Å². The molecule has 0 aromatic heterocycles. The molecule has 21 heavy (non-hydrogen) atoms. The Labute approximate surface area is 134 Å². The van der Waals surface area contributed by atoms with Gasteiger partial charge in [0.15, 0.2) is 0 Å². The van der Waals surface area contributed by atoms with E-state index < -0.39 is 0 Å². The van der Waals surface area contributed by atoms with E-state index in [9.17, 15) is 4.79 Å². The smallest absolute Gasteiger partial charge is 0.227 e. The Morgan fingerprint density at radius 3 is 2.52 bits per heavy atom. The van der Waals surface area contributed by atoms with Crippen LogP contribution in [0.4, 0.5) is 0 Å². The van der Waals surface area contributed by atoms with Crippen LogP contribution in [0.25, 0.3) is 0 Å². The lowest BCUT2D eigenvalue weighted by atomic mass is 9.99. The number of rotatable bonds is 4. The molecule has 3 unspecified atom stereocenters. The Balaban J connectivity index is 0.00000220. The molecule has 0 spiro atoms. The minimum absolute atomic E-state index is 0. The van der Waals surface area contributed by atoms with Gasteiger partial charge in [0.25, 0.3) is 0 Å². The second-order valence-electron chi connectivity index (χ2n) is 6.17. The van der Waals surface area contributed by atoms with E-state index >= 15 is 0 Å². The summed E-state index contributed by atoms with van der Waals surface area (Å²) in [7, 11) is 0. The number of nitrogens with two attached hydrogens (primary N) is 1. The van der Waals surface area contributed by atoms with E-state index in [4.69, 9.17) is 5.73 Å². The second kappa shape index (κ2) is 7.81. The number of amides is 1. The lowest BCUT2D eigenvalue weighted by molar-refractivity contribution is -0.136. The summed E-state index contributed by atoms with van der Waals surface area (Å²) in [5.41, 5.74) is 8.46. The maximum absolute atomic E-state index is 12.5. The summed E-state index contributed by atoms with van der Waals surface area (Å²) in [6.45, 7) is 6.83. The first-order valence-corrected chi connectivity index (χ1v) is 7.60. The summed E-state index contributed by atoms with van der Waals surface area (Å²) >= 11 is 0. The molecule has 2 rings (SSSR count). The van der Waals surface area contributed by atoms with Crippen LogP contribution < -0.4 is 5.73 Å². The zero-order valence-electron chi connectivity index (χ0n) is 13.2. The van der Waals surface area contributed by atoms with Gasteiger partial charge in [-0.05, 0) is 38.7 Å². The van der Waals surface area contributed by atoms with E-state index in [0.29, 0.717) is 6.04 Å². The van der Waals surface area contributed by atoms with Crippen LogP contribution in [0.1, 0.15) is 37.8 Å². The highest BCUT2D eigenvalue weighted by atomic mass is 35.5. The van der Waals surface area contributed by atoms with Gasteiger partial charge < -0.3 is 10.6 Å². The zero-order valence-corrected chi connectivity index (χ0v) is 14.0. The van der Waals surface area contributed by atoms with Gasteiger partial charge in [-0.1, -0.05) is 36.8 Å². The second-order valence-corrected chi connectivity index (χ2v) is 6.17. The van der Waals surface area contributed by atoms with Crippen LogP contribution >= 0.6 is 12.4 Å². The van der Waals surface area contributed by atoms with Crippen molar-refractivity contribution in [2.45, 2.75) is 52.1 Å². The van der Waals surface area contributed by atoms with Gasteiger partial charge in [-0.2, -0.15) is 0 Å². The Kier molecular flexibility index (Phi) is 6.69. The number of benzene rings is 1. The van der Waals surface area contributed by atoms with Crippen molar-refractivity contribution in [1.29, 1.82) is 0 Å². The third-order valence-electron chi connectivity index (χ3n) is 4.43. The Bertz CT molecular complexity index is 458. The fraction of sp³-hybridized carbons (Fsp3) is 0.588. The molecule has 1 heterocycles. The molecule has 1 aliphatic rings. The van der Waals surface area contributed by atoms with E-state index in [2.05, 4.69) is 31.2 Å². The predicted molar refractivity (Wildman–Crippen MR) is 89.7 cm³/mol. The summed E-state index contributed by atoms with van der Waals surface area (Å²) in [5.74, 6) is 0.128. The molecule has 118 valence electrons. The summed E-state index contributed by atoms with van der Waals surface area (Å²) < 4.78 is 0. The van der Waals surface area contributed by atoms with E-state index in [1.54, 1.807) is 0 Å². The molecule has 1 saturated heterocycles. The predicted octanol–water partition coefficient (Wildman–Crippen LogP) is 2.93. The van der Waals surface area contributed by atoms with Crippen LogP contribution in [-0.2, 0) is 11.2 Å². The fourth-order valence-corrected chi connectivity index (χ4v) is 2.82. The number of carbonyl (C=O) groups is 1. The van der Waals surface area contributed by atoms with Crippen molar-refractivity contribution in [2.24, 2.45) is 11.7 Å². The summed E-state index contributed by atoms with van der Waals surface area (Å²) in [6, 6.07) is 8.88. The molecule has 4 heteroatoms. The van der Waals surface area contributed by atoms with Gasteiger partial charge in [0.2, 0.25) is 5.91 Å². The number of halogens is 1. The maximum atomic E-state index is 12.5. The molecule has 3 nitrogen and oxygen atoms in total. The maximum Gasteiger partial charge on any atom is 0.227 e. The van der Waals surface area contributed by atoms with Crippen molar-refractivity contribution in [2.75, 3.05) is 6.54 Å². The highest BCUT2D eigenvalue weighted by Crippen LogP contribution is 2.24. The van der Waals surface area contributed by atoms with Crippen LogP contribution in [0, 0.1) is 12.8 Å². The SMILES string of the molecule is Cc1ccc(CC2CCCN2C(=O)C(C)C(C)N)cc1.Cl. The van der Waals surface area contributed by atoms with E-state index in [-0.39, 0.29) is 30.3 Å². The lowest BCUT2D eigenvalue weighted by Crippen LogP contribution is -2.44. The lowest BCUT2D eigenvalue weighted by Gasteiger charge is -2.29. The Hall–Kier alpha value is -1.06. The highest BCUT2D eigenvalue weighted by molar-refractivity contribution is 5.85. The first-order chi connectivity index (χ1) is 9.49. The average molecular weight is 311 g/mol. The van der Waals surface area contributed by atoms with Crippen LogP contribution in [0.5, 0.6) is 0 Å². The standard InChI is InChI=1S/C17H26N2O.ClH/c1-12-6-8-15(9-7-12)11-16-5-4-10-19(16)17(20)13(2)14(3)18;/h6-9,13-14,16H,4-5,10-11,18H2,1-3H3;1H.